The van der Waals surface area contributed by atoms with Gasteiger partial charge in [0, 0.05) is 12.1 Å². The average Bonchev–Trinajstić information content (AvgIpc) is 3.06. The number of rotatable bonds is 4. The molecule has 0 atom stereocenters. The van der Waals surface area contributed by atoms with E-state index in [1.165, 1.54) is 0 Å². The molecule has 0 amide bonds. The van der Waals surface area contributed by atoms with E-state index >= 15 is 0 Å². The van der Waals surface area contributed by atoms with Crippen LogP contribution in [0.15, 0.2) is 34.9 Å². The van der Waals surface area contributed by atoms with Crippen LogP contribution in [-0.2, 0) is 6.42 Å². The summed E-state index contributed by atoms with van der Waals surface area (Å²) >= 11 is 0. The standard InChI is InChI=1S/C13H12F3N3O/c14-13(15,16)12(6-7-12)8-10-18-11(19-20-10)17-9-4-2-1-3-5-9/h1-5H,6-8H2,(H,17,19). The largest absolute Gasteiger partial charge is 0.395 e. The van der Waals surface area contributed by atoms with Crippen molar-refractivity contribution in [1.29, 1.82) is 0 Å². The van der Waals surface area contributed by atoms with Crippen LogP contribution in [0, 0.1) is 5.41 Å². The number of benzene rings is 1. The first-order valence-corrected chi connectivity index (χ1v) is 6.20. The number of halogens is 3. The van der Waals surface area contributed by atoms with E-state index in [4.69, 9.17) is 4.52 Å². The van der Waals surface area contributed by atoms with Crippen LogP contribution in [0.5, 0.6) is 0 Å². The van der Waals surface area contributed by atoms with Crippen molar-refractivity contribution in [2.45, 2.75) is 25.4 Å². The summed E-state index contributed by atoms with van der Waals surface area (Å²) in [5.41, 5.74) is -0.916. The minimum Gasteiger partial charge on any atom is -0.337 e. The van der Waals surface area contributed by atoms with Gasteiger partial charge < -0.3 is 9.84 Å². The van der Waals surface area contributed by atoms with Crippen molar-refractivity contribution in [2.75, 3.05) is 5.32 Å². The summed E-state index contributed by atoms with van der Waals surface area (Å²) in [6.45, 7) is 0. The highest BCUT2D eigenvalue weighted by atomic mass is 19.4. The van der Waals surface area contributed by atoms with Crippen molar-refractivity contribution in [3.63, 3.8) is 0 Å². The Balaban J connectivity index is 1.69. The molecule has 1 fully saturated rings. The van der Waals surface area contributed by atoms with Gasteiger partial charge in [-0.15, -0.1) is 0 Å². The number of aromatic nitrogens is 2. The molecule has 7 heteroatoms. The van der Waals surface area contributed by atoms with Crippen LogP contribution in [0.1, 0.15) is 18.7 Å². The predicted octanol–water partition coefficient (Wildman–Crippen LogP) is 3.70. The summed E-state index contributed by atoms with van der Waals surface area (Å²) in [7, 11) is 0. The number of para-hydroxylation sites is 1. The van der Waals surface area contributed by atoms with Crippen LogP contribution in [0.2, 0.25) is 0 Å². The Labute approximate surface area is 113 Å². The van der Waals surface area contributed by atoms with Crippen molar-refractivity contribution >= 4 is 11.6 Å². The fourth-order valence-electron chi connectivity index (χ4n) is 2.03. The van der Waals surface area contributed by atoms with E-state index in [-0.39, 0.29) is 31.1 Å². The van der Waals surface area contributed by atoms with Crippen LogP contribution in [-0.4, -0.2) is 16.3 Å². The lowest BCUT2D eigenvalue weighted by Gasteiger charge is -2.16. The second kappa shape index (κ2) is 4.50. The Hall–Kier alpha value is -2.05. The molecule has 0 bridgehead atoms. The molecular weight excluding hydrogens is 271 g/mol. The van der Waals surface area contributed by atoms with Crippen molar-refractivity contribution in [3.05, 3.63) is 36.2 Å². The van der Waals surface area contributed by atoms with E-state index in [1.807, 2.05) is 18.2 Å². The third kappa shape index (κ3) is 2.48. The first-order valence-electron chi connectivity index (χ1n) is 6.20. The van der Waals surface area contributed by atoms with Gasteiger partial charge in [0.2, 0.25) is 5.89 Å². The van der Waals surface area contributed by atoms with E-state index in [9.17, 15) is 13.2 Å². The van der Waals surface area contributed by atoms with Crippen LogP contribution < -0.4 is 5.32 Å². The van der Waals surface area contributed by atoms with E-state index in [2.05, 4.69) is 15.5 Å². The molecule has 0 saturated heterocycles. The third-order valence-electron chi connectivity index (χ3n) is 3.44. The summed E-state index contributed by atoms with van der Waals surface area (Å²) in [4.78, 5) is 3.96. The molecule has 1 aliphatic carbocycles. The number of nitrogens with one attached hydrogen (secondary N) is 1. The zero-order valence-corrected chi connectivity index (χ0v) is 10.4. The highest BCUT2D eigenvalue weighted by molar-refractivity contribution is 5.51. The van der Waals surface area contributed by atoms with Gasteiger partial charge in [-0.05, 0) is 30.1 Å². The van der Waals surface area contributed by atoms with Gasteiger partial charge in [-0.2, -0.15) is 18.2 Å². The van der Waals surface area contributed by atoms with Crippen molar-refractivity contribution < 1.29 is 17.7 Å². The summed E-state index contributed by atoms with van der Waals surface area (Å²) in [6, 6.07) is 9.10. The van der Waals surface area contributed by atoms with E-state index in [1.54, 1.807) is 12.1 Å². The molecule has 1 aromatic heterocycles. The van der Waals surface area contributed by atoms with Crippen LogP contribution in [0.25, 0.3) is 0 Å². The molecule has 1 aliphatic rings. The maximum absolute atomic E-state index is 12.8. The minimum absolute atomic E-state index is 0.0123. The maximum atomic E-state index is 12.8. The molecule has 3 rings (SSSR count). The van der Waals surface area contributed by atoms with Crippen LogP contribution in [0.4, 0.5) is 24.8 Å². The molecule has 0 aliphatic heterocycles. The van der Waals surface area contributed by atoms with Gasteiger partial charge in [-0.3, -0.25) is 0 Å². The number of hydrogen-bond acceptors (Lipinski definition) is 4. The smallest absolute Gasteiger partial charge is 0.337 e. The summed E-state index contributed by atoms with van der Waals surface area (Å²) in [6.07, 6.45) is -4.21. The highest BCUT2D eigenvalue weighted by Crippen LogP contribution is 2.59. The zero-order valence-electron chi connectivity index (χ0n) is 10.4. The Morgan fingerprint density at radius 2 is 1.90 bits per heavy atom. The van der Waals surface area contributed by atoms with Gasteiger partial charge in [0.25, 0.3) is 5.95 Å². The van der Waals surface area contributed by atoms with Crippen molar-refractivity contribution in [2.24, 2.45) is 5.41 Å². The highest BCUT2D eigenvalue weighted by Gasteiger charge is 2.63. The molecule has 20 heavy (non-hydrogen) atoms. The fourth-order valence-corrected chi connectivity index (χ4v) is 2.03. The SMILES string of the molecule is FC(F)(F)C1(Cc2nc(Nc3ccccc3)no2)CC1. The topological polar surface area (TPSA) is 51.0 Å². The first kappa shape index (κ1) is 13.0. The van der Waals surface area contributed by atoms with Crippen molar-refractivity contribution in [1.82, 2.24) is 10.1 Å². The van der Waals surface area contributed by atoms with E-state index in [0.717, 1.165) is 5.69 Å². The van der Waals surface area contributed by atoms with Gasteiger partial charge >= 0.3 is 6.18 Å². The van der Waals surface area contributed by atoms with E-state index < -0.39 is 11.6 Å². The normalized spacial score (nSPS) is 16.9. The molecule has 1 saturated carbocycles. The molecule has 1 heterocycles. The quantitative estimate of drug-likeness (QED) is 0.929. The van der Waals surface area contributed by atoms with E-state index in [0.29, 0.717) is 0 Å². The summed E-state index contributed by atoms with van der Waals surface area (Å²) in [5, 5.41) is 6.51. The van der Waals surface area contributed by atoms with Gasteiger partial charge in [-0.25, -0.2) is 0 Å². The number of anilines is 2. The van der Waals surface area contributed by atoms with Crippen molar-refractivity contribution in [3.8, 4) is 0 Å². The van der Waals surface area contributed by atoms with Gasteiger partial charge in [0.1, 0.15) is 0 Å². The number of nitrogens with zero attached hydrogens (tertiary/aromatic N) is 2. The Bertz CT molecular complexity index is 590. The van der Waals surface area contributed by atoms with Gasteiger partial charge in [0.15, 0.2) is 0 Å². The average molecular weight is 283 g/mol. The molecule has 106 valence electrons. The predicted molar refractivity (Wildman–Crippen MR) is 65.4 cm³/mol. The molecular formula is C13H12F3N3O. The molecule has 1 N–H and O–H groups in total. The molecule has 4 nitrogen and oxygen atoms in total. The van der Waals surface area contributed by atoms with Crippen LogP contribution in [0.3, 0.4) is 0 Å². The second-order valence-electron chi connectivity index (χ2n) is 4.96. The van der Waals surface area contributed by atoms with Gasteiger partial charge in [0.05, 0.1) is 5.41 Å². The zero-order chi connectivity index (χ0) is 14.2. The minimum atomic E-state index is -4.21. The lowest BCUT2D eigenvalue weighted by Crippen LogP contribution is -2.26. The van der Waals surface area contributed by atoms with Gasteiger partial charge in [-0.1, -0.05) is 18.2 Å². The fraction of sp³-hybridized carbons (Fsp3) is 0.385. The molecule has 1 aromatic carbocycles. The Kier molecular flexibility index (Phi) is 2.92. The Morgan fingerprint density at radius 3 is 2.50 bits per heavy atom. The summed E-state index contributed by atoms with van der Waals surface area (Å²) < 4.78 is 43.4. The monoisotopic (exact) mass is 283 g/mol. The molecule has 2 aromatic rings. The second-order valence-corrected chi connectivity index (χ2v) is 4.96. The maximum Gasteiger partial charge on any atom is 0.395 e. The molecule has 0 spiro atoms. The number of hydrogen-bond donors (Lipinski definition) is 1. The third-order valence-corrected chi connectivity index (χ3v) is 3.44. The van der Waals surface area contributed by atoms with Crippen LogP contribution >= 0.6 is 0 Å². The molecule has 0 radical (unpaired) electrons. The first-order chi connectivity index (χ1) is 9.48. The summed E-state index contributed by atoms with van der Waals surface area (Å²) in [5.74, 6) is 0.183. The lowest BCUT2D eigenvalue weighted by atomic mass is 10.0. The lowest BCUT2D eigenvalue weighted by molar-refractivity contribution is -0.187. The Morgan fingerprint density at radius 1 is 1.20 bits per heavy atom. The molecule has 0 unspecified atom stereocenters. The number of alkyl halides is 3.